The predicted molar refractivity (Wildman–Crippen MR) is 301 cm³/mol. The average Bonchev–Trinajstić information content (AvgIpc) is 4.14. The SMILES string of the molecule is COc1cccc(F)c1-c1nccc(C(=O)Nc2ccc(-c3cnccc3C#N)cc2N2CCN(CC(=O)NCCOCCOCC(=O)N[C@H](C(=O)N3C[C@H](O)C[C@H]3C(=O)NCc3ccc(-c4scnc4C)cc3)C(C)(C)C)CC2)n1. The van der Waals surface area contributed by atoms with Gasteiger partial charge in [-0.25, -0.2) is 19.3 Å². The molecule has 23 heteroatoms. The molecule has 3 atom stereocenters. The van der Waals surface area contributed by atoms with E-state index in [1.807, 2.05) is 42.2 Å². The number of aliphatic hydroxyl groups is 1. The van der Waals surface area contributed by atoms with Crippen LogP contribution >= 0.6 is 11.3 Å². The number of nitrogens with zero attached hydrogens (tertiary/aromatic N) is 8. The molecule has 0 radical (unpaired) electrons. The number of aryl methyl sites for hydroxylation is 1. The molecule has 0 aliphatic carbocycles. The van der Waals surface area contributed by atoms with E-state index >= 15 is 0 Å². The van der Waals surface area contributed by atoms with Gasteiger partial charge in [0, 0.05) is 76.4 Å². The number of anilines is 2. The molecule has 5 amide bonds. The van der Waals surface area contributed by atoms with Crippen LogP contribution in [0.25, 0.3) is 33.0 Å². The van der Waals surface area contributed by atoms with Crippen LogP contribution in [0.4, 0.5) is 15.8 Å². The summed E-state index contributed by atoms with van der Waals surface area (Å²) in [5, 5.41) is 32.0. The average molecular weight is 1130 g/mol. The van der Waals surface area contributed by atoms with Gasteiger partial charge < -0.3 is 50.4 Å². The summed E-state index contributed by atoms with van der Waals surface area (Å²) < 4.78 is 31.5. The number of aliphatic hydroxyl groups excluding tert-OH is 1. The summed E-state index contributed by atoms with van der Waals surface area (Å²) in [6.45, 7) is 9.95. The molecule has 3 aromatic carbocycles. The van der Waals surface area contributed by atoms with Crippen LogP contribution in [-0.2, 0) is 35.2 Å². The molecule has 5 heterocycles. The minimum Gasteiger partial charge on any atom is -0.496 e. The third kappa shape index (κ3) is 15.1. The lowest BCUT2D eigenvalue weighted by Crippen LogP contribution is -2.58. The number of aromatic nitrogens is 4. The molecule has 5 N–H and O–H groups in total. The Bertz CT molecular complexity index is 3250. The Labute approximate surface area is 472 Å². The van der Waals surface area contributed by atoms with Crippen molar-refractivity contribution in [3.8, 4) is 44.8 Å². The molecule has 0 bridgehead atoms. The molecule has 2 fully saturated rings. The van der Waals surface area contributed by atoms with Crippen LogP contribution in [0, 0.1) is 29.5 Å². The van der Waals surface area contributed by atoms with Crippen molar-refractivity contribution in [1.82, 2.24) is 45.7 Å². The number of methoxy groups -OCH3 is 1. The van der Waals surface area contributed by atoms with Crippen molar-refractivity contribution >= 4 is 52.2 Å². The van der Waals surface area contributed by atoms with E-state index in [1.165, 1.54) is 36.4 Å². The number of hydrogen-bond donors (Lipinski definition) is 5. The Kier molecular flexibility index (Phi) is 19.8. The lowest BCUT2D eigenvalue weighted by Gasteiger charge is -2.36. The van der Waals surface area contributed by atoms with Crippen LogP contribution in [-0.4, -0.2) is 162 Å². The van der Waals surface area contributed by atoms with Crippen LogP contribution < -0.4 is 30.9 Å². The van der Waals surface area contributed by atoms with E-state index in [2.05, 4.69) is 52.2 Å². The summed E-state index contributed by atoms with van der Waals surface area (Å²) in [5.41, 5.74) is 6.80. The second kappa shape index (κ2) is 27.3. The normalized spacial score (nSPS) is 15.8. The molecule has 2 aliphatic heterocycles. The fourth-order valence-electron chi connectivity index (χ4n) is 9.51. The van der Waals surface area contributed by atoms with Crippen molar-refractivity contribution < 1.29 is 47.7 Å². The molecule has 8 rings (SSSR count). The number of nitriles is 1. The van der Waals surface area contributed by atoms with Gasteiger partial charge in [-0.1, -0.05) is 57.2 Å². The van der Waals surface area contributed by atoms with Gasteiger partial charge in [-0.3, -0.25) is 33.9 Å². The number of halogens is 1. The minimum atomic E-state index is -1.02. The van der Waals surface area contributed by atoms with Gasteiger partial charge in [0.1, 0.15) is 36.0 Å². The third-order valence-corrected chi connectivity index (χ3v) is 14.7. The maximum Gasteiger partial charge on any atom is 0.274 e. The molecule has 81 heavy (non-hydrogen) atoms. The summed E-state index contributed by atoms with van der Waals surface area (Å²) >= 11 is 1.56. The van der Waals surface area contributed by atoms with E-state index in [9.17, 15) is 38.7 Å². The van der Waals surface area contributed by atoms with Gasteiger partial charge in [0.2, 0.25) is 23.6 Å². The first-order valence-corrected chi connectivity index (χ1v) is 27.3. The molecule has 2 saturated heterocycles. The van der Waals surface area contributed by atoms with Crippen molar-refractivity contribution in [2.75, 3.05) is 89.6 Å². The highest BCUT2D eigenvalue weighted by atomic mass is 32.1. The van der Waals surface area contributed by atoms with Gasteiger partial charge in [-0.05, 0) is 65.4 Å². The predicted octanol–water partition coefficient (Wildman–Crippen LogP) is 4.99. The number of pyridine rings is 1. The number of benzene rings is 3. The van der Waals surface area contributed by atoms with E-state index in [-0.39, 0.29) is 87.8 Å². The molecule has 6 aromatic rings. The Morgan fingerprint density at radius 2 is 1.68 bits per heavy atom. The van der Waals surface area contributed by atoms with Crippen LogP contribution in [0.3, 0.4) is 0 Å². The number of amides is 5. The molecule has 0 spiro atoms. The number of hydrogen-bond acceptors (Lipinski definition) is 17. The third-order valence-electron chi connectivity index (χ3n) is 13.8. The maximum absolute atomic E-state index is 15.0. The number of rotatable bonds is 22. The van der Waals surface area contributed by atoms with Crippen LogP contribution in [0.1, 0.15) is 54.5 Å². The Hall–Kier alpha value is -8.27. The first kappa shape index (κ1) is 58.9. The summed E-state index contributed by atoms with van der Waals surface area (Å²) in [6.07, 6.45) is 3.68. The zero-order valence-electron chi connectivity index (χ0n) is 45.7. The minimum absolute atomic E-state index is 0.00681. The standard InChI is InChI=1S/C58H65FN12O9S/c1-36-52(81-35-65-36)38-11-9-37(10-12-38)30-64-56(76)47-28-41(72)32-71(47)57(77)53(58(2,3)4)68-50(74)34-80-26-25-79-24-19-62-49(73)33-69-20-22-70(23-21-69)46-27-39(42-31-61-17-15-40(42)29-60)13-14-44(46)67-55(75)45-16-18-63-54(66-45)51-43(59)7-6-8-48(51)78-5/h6-18,27,31,35,41,47,53,72H,19-26,28,30,32-34H2,1-5H3,(H,62,73)(H,64,76)(H,67,75)(H,68,74)/t41-,47+,53-/m1/s1. The van der Waals surface area contributed by atoms with Crippen LogP contribution in [0.2, 0.25) is 0 Å². The Balaban J connectivity index is 0.761. The van der Waals surface area contributed by atoms with E-state index in [1.54, 1.807) is 74.3 Å². The number of β-amino-alcohol motifs (C(OH)–C–C–N with tert-alkyl or cyclic N) is 1. The zero-order chi connectivity index (χ0) is 57.6. The highest BCUT2D eigenvalue weighted by molar-refractivity contribution is 7.13. The lowest BCUT2D eigenvalue weighted by molar-refractivity contribution is -0.144. The smallest absolute Gasteiger partial charge is 0.274 e. The highest BCUT2D eigenvalue weighted by Crippen LogP contribution is 2.35. The van der Waals surface area contributed by atoms with Gasteiger partial charge in [0.25, 0.3) is 5.91 Å². The number of likely N-dealkylation sites (tertiary alicyclic amines) is 1. The fourth-order valence-corrected chi connectivity index (χ4v) is 10.3. The Morgan fingerprint density at radius 3 is 2.41 bits per heavy atom. The molecular formula is C58H65FN12O9S. The molecule has 2 aliphatic rings. The van der Waals surface area contributed by atoms with Crippen molar-refractivity contribution in [3.05, 3.63) is 125 Å². The number of carbonyl (C=O) groups excluding carboxylic acids is 5. The van der Waals surface area contributed by atoms with Gasteiger partial charge in [-0.15, -0.1) is 11.3 Å². The topological polar surface area (TPSA) is 266 Å². The maximum atomic E-state index is 15.0. The van der Waals surface area contributed by atoms with E-state index in [0.29, 0.717) is 54.2 Å². The highest BCUT2D eigenvalue weighted by Gasteiger charge is 2.44. The van der Waals surface area contributed by atoms with E-state index in [4.69, 9.17) is 14.2 Å². The summed E-state index contributed by atoms with van der Waals surface area (Å²) in [5.74, 6) is -2.59. The number of ether oxygens (including phenoxy) is 3. The van der Waals surface area contributed by atoms with Gasteiger partial charge in [0.05, 0.1) is 84.2 Å². The van der Waals surface area contributed by atoms with E-state index < -0.39 is 53.0 Å². The molecule has 0 saturated carbocycles. The summed E-state index contributed by atoms with van der Waals surface area (Å²) in [4.78, 5) is 91.1. The summed E-state index contributed by atoms with van der Waals surface area (Å²) in [6, 6.07) is 20.9. The summed E-state index contributed by atoms with van der Waals surface area (Å²) in [7, 11) is 1.40. The molecule has 424 valence electrons. The second-order valence-corrected chi connectivity index (χ2v) is 21.4. The first-order valence-electron chi connectivity index (χ1n) is 26.4. The Morgan fingerprint density at radius 1 is 0.914 bits per heavy atom. The van der Waals surface area contributed by atoms with Crippen molar-refractivity contribution in [1.29, 1.82) is 5.26 Å². The second-order valence-electron chi connectivity index (χ2n) is 20.5. The molecule has 3 aromatic heterocycles. The van der Waals surface area contributed by atoms with Crippen LogP contribution in [0.5, 0.6) is 5.75 Å². The van der Waals surface area contributed by atoms with Crippen molar-refractivity contribution in [2.24, 2.45) is 5.41 Å². The quantitative estimate of drug-likeness (QED) is 0.0561. The molecule has 21 nitrogen and oxygen atoms in total. The number of piperazine rings is 1. The lowest BCUT2D eigenvalue weighted by atomic mass is 9.85. The molecule has 0 unspecified atom stereocenters. The zero-order valence-corrected chi connectivity index (χ0v) is 46.6. The first-order chi connectivity index (χ1) is 39.0. The van der Waals surface area contributed by atoms with E-state index in [0.717, 1.165) is 21.7 Å². The molecular weight excluding hydrogens is 1060 g/mol. The monoisotopic (exact) mass is 1120 g/mol. The number of thiazole rings is 1. The largest absolute Gasteiger partial charge is 0.496 e. The van der Waals surface area contributed by atoms with Crippen LogP contribution in [0.15, 0.2) is 96.9 Å². The van der Waals surface area contributed by atoms with Crippen molar-refractivity contribution in [2.45, 2.75) is 58.8 Å². The van der Waals surface area contributed by atoms with Gasteiger partial charge in [-0.2, -0.15) is 5.26 Å². The number of nitrogens with one attached hydrogen (secondary N) is 4. The fraction of sp³-hybridized carbons (Fsp3) is 0.379. The number of carbonyl (C=O) groups is 5. The van der Waals surface area contributed by atoms with Gasteiger partial charge in [0.15, 0.2) is 5.82 Å². The van der Waals surface area contributed by atoms with Crippen molar-refractivity contribution in [3.63, 3.8) is 0 Å². The van der Waals surface area contributed by atoms with Gasteiger partial charge >= 0.3 is 0 Å².